The van der Waals surface area contributed by atoms with Crippen LogP contribution in [0.15, 0.2) is 24.3 Å². The highest BCUT2D eigenvalue weighted by atomic mass is 35.5. The Morgan fingerprint density at radius 2 is 2.14 bits per heavy atom. The molecule has 0 aliphatic rings. The number of benzene rings is 1. The predicted molar refractivity (Wildman–Crippen MR) is 49.4 cm³/mol. The Morgan fingerprint density at radius 1 is 1.43 bits per heavy atom. The van der Waals surface area contributed by atoms with Gasteiger partial charge in [-0.1, -0.05) is 17.7 Å². The second-order valence-corrected chi connectivity index (χ2v) is 2.92. The van der Waals surface area contributed by atoms with Crippen LogP contribution in [0.3, 0.4) is 0 Å². The lowest BCUT2D eigenvalue weighted by Gasteiger charge is -2.01. The van der Waals surface area contributed by atoms with E-state index in [-0.39, 0.29) is 5.56 Å². The van der Waals surface area contributed by atoms with Gasteiger partial charge in [-0.2, -0.15) is 0 Å². The maximum Gasteiger partial charge on any atom is 0.341 e. The number of ether oxygens (including phenoxy) is 1. The van der Waals surface area contributed by atoms with E-state index in [0.29, 0.717) is 5.02 Å². The second kappa shape index (κ2) is 4.62. The number of hydrogen-bond donors (Lipinski definition) is 1. The molecular weight excluding hydrogens is 208 g/mol. The van der Waals surface area contributed by atoms with Crippen LogP contribution in [0.5, 0.6) is 0 Å². The fourth-order valence-corrected chi connectivity index (χ4v) is 1.02. The molecule has 0 unspecified atom stereocenters. The van der Waals surface area contributed by atoms with Crippen molar-refractivity contribution in [2.45, 2.75) is 0 Å². The summed E-state index contributed by atoms with van der Waals surface area (Å²) in [4.78, 5) is 21.3. The third kappa shape index (κ3) is 3.06. The lowest BCUT2D eigenvalue weighted by Crippen LogP contribution is -2.12. The van der Waals surface area contributed by atoms with Crippen LogP contribution in [0.25, 0.3) is 0 Å². The summed E-state index contributed by atoms with van der Waals surface area (Å²) in [7, 11) is 0. The summed E-state index contributed by atoms with van der Waals surface area (Å²) in [6.07, 6.45) is 0. The van der Waals surface area contributed by atoms with Gasteiger partial charge in [0.2, 0.25) is 0 Å². The van der Waals surface area contributed by atoms with Crippen molar-refractivity contribution >= 4 is 23.5 Å². The maximum atomic E-state index is 11.2. The van der Waals surface area contributed by atoms with Gasteiger partial charge in [-0.05, 0) is 18.2 Å². The van der Waals surface area contributed by atoms with Crippen molar-refractivity contribution in [3.8, 4) is 0 Å². The maximum absolute atomic E-state index is 11.2. The average Bonchev–Trinajstić information content (AvgIpc) is 2.14. The molecule has 0 saturated carbocycles. The molecule has 0 saturated heterocycles. The standard InChI is InChI=1S/C9H7ClO4/c10-7-3-1-2-6(4-7)9(13)14-5-8(11)12/h1-4H,5H2,(H,11,12). The zero-order valence-corrected chi connectivity index (χ0v) is 7.82. The molecule has 0 aliphatic heterocycles. The van der Waals surface area contributed by atoms with Crippen molar-refractivity contribution in [1.29, 1.82) is 0 Å². The summed E-state index contributed by atoms with van der Waals surface area (Å²) < 4.78 is 4.45. The summed E-state index contributed by atoms with van der Waals surface area (Å²) in [5.74, 6) is -1.89. The van der Waals surface area contributed by atoms with Gasteiger partial charge in [0, 0.05) is 5.02 Å². The molecule has 1 aromatic rings. The lowest BCUT2D eigenvalue weighted by molar-refractivity contribution is -0.140. The Bertz CT molecular complexity index is 362. The minimum absolute atomic E-state index is 0.235. The third-order valence-electron chi connectivity index (χ3n) is 1.39. The summed E-state index contributed by atoms with van der Waals surface area (Å²) in [6.45, 7) is -0.647. The third-order valence-corrected chi connectivity index (χ3v) is 1.62. The fourth-order valence-electron chi connectivity index (χ4n) is 0.826. The zero-order chi connectivity index (χ0) is 10.6. The molecule has 1 rings (SSSR count). The van der Waals surface area contributed by atoms with Gasteiger partial charge in [0.1, 0.15) is 0 Å². The van der Waals surface area contributed by atoms with Crippen LogP contribution in [-0.4, -0.2) is 23.7 Å². The highest BCUT2D eigenvalue weighted by molar-refractivity contribution is 6.30. The molecule has 0 spiro atoms. The first-order valence-corrected chi connectivity index (χ1v) is 4.12. The van der Waals surface area contributed by atoms with Gasteiger partial charge < -0.3 is 9.84 Å². The van der Waals surface area contributed by atoms with Crippen LogP contribution in [0.4, 0.5) is 0 Å². The molecule has 0 fully saturated rings. The average molecular weight is 215 g/mol. The van der Waals surface area contributed by atoms with Crippen LogP contribution >= 0.6 is 11.6 Å². The Labute approximate surface area is 85.1 Å². The minimum atomic E-state index is -1.19. The molecule has 0 radical (unpaired) electrons. The van der Waals surface area contributed by atoms with E-state index in [1.165, 1.54) is 12.1 Å². The fraction of sp³-hybridized carbons (Fsp3) is 0.111. The van der Waals surface area contributed by atoms with Crippen molar-refractivity contribution in [2.24, 2.45) is 0 Å². The summed E-state index contributed by atoms with van der Waals surface area (Å²) in [5, 5.41) is 8.66. The second-order valence-electron chi connectivity index (χ2n) is 2.48. The van der Waals surface area contributed by atoms with E-state index in [1.807, 2.05) is 0 Å². The van der Waals surface area contributed by atoms with Gasteiger partial charge in [0.05, 0.1) is 5.56 Å². The van der Waals surface area contributed by atoms with E-state index in [1.54, 1.807) is 12.1 Å². The zero-order valence-electron chi connectivity index (χ0n) is 7.07. The van der Waals surface area contributed by atoms with Gasteiger partial charge >= 0.3 is 11.9 Å². The first kappa shape index (κ1) is 10.5. The van der Waals surface area contributed by atoms with Crippen LogP contribution in [0.1, 0.15) is 10.4 Å². The normalized spacial score (nSPS) is 9.50. The molecular formula is C9H7ClO4. The summed E-state index contributed by atoms with van der Waals surface area (Å²) in [6, 6.07) is 6.09. The molecule has 0 aliphatic carbocycles. The van der Waals surface area contributed by atoms with E-state index in [4.69, 9.17) is 16.7 Å². The topological polar surface area (TPSA) is 63.6 Å². The summed E-state index contributed by atoms with van der Waals surface area (Å²) in [5.41, 5.74) is 0.235. The Kier molecular flexibility index (Phi) is 3.48. The number of carboxylic acid groups (broad SMARTS) is 1. The molecule has 1 N–H and O–H groups in total. The van der Waals surface area contributed by atoms with E-state index < -0.39 is 18.5 Å². The smallest absolute Gasteiger partial charge is 0.341 e. The monoisotopic (exact) mass is 214 g/mol. The number of carbonyl (C=O) groups excluding carboxylic acids is 1. The Balaban J connectivity index is 2.65. The molecule has 0 amide bonds. The molecule has 14 heavy (non-hydrogen) atoms. The van der Waals surface area contributed by atoms with Crippen molar-refractivity contribution in [3.05, 3.63) is 34.9 Å². The highest BCUT2D eigenvalue weighted by Crippen LogP contribution is 2.11. The number of carbonyl (C=O) groups is 2. The molecule has 74 valence electrons. The molecule has 0 heterocycles. The van der Waals surface area contributed by atoms with Gasteiger partial charge in [0.15, 0.2) is 6.61 Å². The minimum Gasteiger partial charge on any atom is -0.479 e. The van der Waals surface area contributed by atoms with Gasteiger partial charge in [-0.3, -0.25) is 0 Å². The number of hydrogen-bond acceptors (Lipinski definition) is 3. The van der Waals surface area contributed by atoms with Crippen LogP contribution in [0, 0.1) is 0 Å². The predicted octanol–water partition coefficient (Wildman–Crippen LogP) is 1.58. The SMILES string of the molecule is O=C(O)COC(=O)c1cccc(Cl)c1. The number of aliphatic carboxylic acids is 1. The number of carboxylic acids is 1. The number of halogens is 1. The Hall–Kier alpha value is -1.55. The van der Waals surface area contributed by atoms with E-state index in [2.05, 4.69) is 4.74 Å². The van der Waals surface area contributed by atoms with Gasteiger partial charge in [0.25, 0.3) is 0 Å². The molecule has 1 aromatic carbocycles. The number of rotatable bonds is 3. The van der Waals surface area contributed by atoms with Crippen molar-refractivity contribution in [1.82, 2.24) is 0 Å². The van der Waals surface area contributed by atoms with Crippen LogP contribution < -0.4 is 0 Å². The molecule has 0 bridgehead atoms. The van der Waals surface area contributed by atoms with Crippen molar-refractivity contribution in [3.63, 3.8) is 0 Å². The van der Waals surface area contributed by atoms with Crippen LogP contribution in [0.2, 0.25) is 5.02 Å². The molecule has 4 nitrogen and oxygen atoms in total. The first-order valence-electron chi connectivity index (χ1n) is 3.74. The Morgan fingerprint density at radius 3 is 2.71 bits per heavy atom. The van der Waals surface area contributed by atoms with Crippen molar-refractivity contribution < 1.29 is 19.4 Å². The molecule has 0 aromatic heterocycles. The van der Waals surface area contributed by atoms with Gasteiger partial charge in [-0.15, -0.1) is 0 Å². The largest absolute Gasteiger partial charge is 0.479 e. The quantitative estimate of drug-likeness (QED) is 0.776. The van der Waals surface area contributed by atoms with E-state index in [9.17, 15) is 9.59 Å². The number of esters is 1. The molecule has 5 heteroatoms. The van der Waals surface area contributed by atoms with Crippen molar-refractivity contribution in [2.75, 3.05) is 6.61 Å². The van der Waals surface area contributed by atoms with Gasteiger partial charge in [-0.25, -0.2) is 9.59 Å². The van der Waals surface area contributed by atoms with E-state index >= 15 is 0 Å². The van der Waals surface area contributed by atoms with E-state index in [0.717, 1.165) is 0 Å². The lowest BCUT2D eigenvalue weighted by atomic mass is 10.2. The summed E-state index contributed by atoms with van der Waals surface area (Å²) >= 11 is 5.63. The highest BCUT2D eigenvalue weighted by Gasteiger charge is 2.08. The first-order chi connectivity index (χ1) is 6.59. The molecule has 0 atom stereocenters. The van der Waals surface area contributed by atoms with Crippen LogP contribution in [-0.2, 0) is 9.53 Å².